The van der Waals surface area contributed by atoms with E-state index in [1.165, 1.54) is 0 Å². The molecule has 1 aromatic heterocycles. The summed E-state index contributed by atoms with van der Waals surface area (Å²) in [5.74, 6) is -0.432. The summed E-state index contributed by atoms with van der Waals surface area (Å²) in [6.45, 7) is 5.47. The van der Waals surface area contributed by atoms with Gasteiger partial charge in [-0.25, -0.2) is 9.78 Å². The van der Waals surface area contributed by atoms with E-state index in [1.807, 2.05) is 26.8 Å². The van der Waals surface area contributed by atoms with Crippen LogP contribution in [-0.4, -0.2) is 16.6 Å². The summed E-state index contributed by atoms with van der Waals surface area (Å²) >= 11 is 0. The molecule has 2 rings (SSSR count). The molecule has 2 N–H and O–H groups in total. The third kappa shape index (κ3) is 2.42. The Balaban J connectivity index is 2.52. The van der Waals surface area contributed by atoms with E-state index >= 15 is 0 Å². The van der Waals surface area contributed by atoms with Crippen molar-refractivity contribution in [1.82, 2.24) is 4.98 Å². The molecule has 0 saturated heterocycles. The first kappa shape index (κ1) is 12.4. The third-order valence-corrected chi connectivity index (χ3v) is 2.43. The van der Waals surface area contributed by atoms with E-state index in [-0.39, 0.29) is 0 Å². The highest BCUT2D eigenvalue weighted by Gasteiger charge is 2.20. The number of benzene rings is 1. The molecule has 0 amide bonds. The van der Waals surface area contributed by atoms with E-state index in [4.69, 9.17) is 10.5 Å². The molecule has 1 heterocycles. The van der Waals surface area contributed by atoms with Gasteiger partial charge in [-0.3, -0.25) is 0 Å². The summed E-state index contributed by atoms with van der Waals surface area (Å²) < 4.78 is 5.33. The van der Waals surface area contributed by atoms with Crippen molar-refractivity contribution in [3.8, 4) is 0 Å². The molecule has 0 aliphatic rings. The van der Waals surface area contributed by atoms with Gasteiger partial charge in [0.25, 0.3) is 0 Å². The van der Waals surface area contributed by atoms with Gasteiger partial charge in [0.2, 0.25) is 0 Å². The molecule has 2 aromatic rings. The molecule has 0 spiro atoms. The zero-order valence-corrected chi connectivity index (χ0v) is 10.7. The second kappa shape index (κ2) is 4.29. The Morgan fingerprint density at radius 1 is 1.22 bits per heavy atom. The van der Waals surface area contributed by atoms with Crippen molar-refractivity contribution >= 4 is 22.4 Å². The molecule has 0 aliphatic heterocycles. The van der Waals surface area contributed by atoms with Crippen molar-refractivity contribution in [1.29, 1.82) is 0 Å². The highest BCUT2D eigenvalue weighted by Crippen LogP contribution is 2.24. The Morgan fingerprint density at radius 3 is 2.61 bits per heavy atom. The zero-order valence-electron chi connectivity index (χ0n) is 10.7. The minimum Gasteiger partial charge on any atom is -0.455 e. The van der Waals surface area contributed by atoms with Crippen LogP contribution in [0.15, 0.2) is 30.5 Å². The number of rotatable bonds is 1. The number of nitrogens with two attached hydrogens (primary N) is 1. The maximum Gasteiger partial charge on any atom is 0.358 e. The van der Waals surface area contributed by atoms with Crippen LogP contribution in [0.2, 0.25) is 0 Å². The van der Waals surface area contributed by atoms with Gasteiger partial charge in [-0.15, -0.1) is 0 Å². The van der Waals surface area contributed by atoms with Crippen LogP contribution >= 0.6 is 0 Å². The lowest BCUT2D eigenvalue weighted by Crippen LogP contribution is -2.24. The maximum absolute atomic E-state index is 12.1. The lowest BCUT2D eigenvalue weighted by Gasteiger charge is -2.19. The number of esters is 1. The molecule has 94 valence electrons. The first-order valence-electron chi connectivity index (χ1n) is 5.75. The Hall–Kier alpha value is -2.10. The minimum absolute atomic E-state index is 0.301. The van der Waals surface area contributed by atoms with Crippen LogP contribution in [0.4, 0.5) is 5.69 Å². The Kier molecular flexibility index (Phi) is 2.95. The van der Waals surface area contributed by atoms with Crippen LogP contribution in [0.1, 0.15) is 31.3 Å². The van der Waals surface area contributed by atoms with Gasteiger partial charge in [0.1, 0.15) is 5.60 Å². The van der Waals surface area contributed by atoms with E-state index in [2.05, 4.69) is 4.98 Å². The predicted octanol–water partition coefficient (Wildman–Crippen LogP) is 2.77. The average Bonchev–Trinajstić information content (AvgIpc) is 2.26. The van der Waals surface area contributed by atoms with Crippen LogP contribution in [0.25, 0.3) is 10.8 Å². The fraction of sp³-hybridized carbons (Fsp3) is 0.286. The smallest absolute Gasteiger partial charge is 0.358 e. The van der Waals surface area contributed by atoms with Crippen molar-refractivity contribution in [2.45, 2.75) is 26.4 Å². The molecule has 0 saturated carbocycles. The fourth-order valence-electron chi connectivity index (χ4n) is 1.72. The van der Waals surface area contributed by atoms with Gasteiger partial charge in [-0.1, -0.05) is 12.1 Å². The molecule has 0 aliphatic carbocycles. The first-order valence-corrected chi connectivity index (χ1v) is 5.75. The molecule has 4 heteroatoms. The number of pyridine rings is 1. The zero-order chi connectivity index (χ0) is 13.3. The van der Waals surface area contributed by atoms with Gasteiger partial charge >= 0.3 is 5.97 Å². The summed E-state index contributed by atoms with van der Waals surface area (Å²) in [6.07, 6.45) is 1.57. The van der Waals surface area contributed by atoms with Gasteiger partial charge in [-0.2, -0.15) is 0 Å². The molecular formula is C14H16N2O2. The van der Waals surface area contributed by atoms with Crippen LogP contribution in [0, 0.1) is 0 Å². The Bertz CT molecular complexity index is 600. The fourth-order valence-corrected chi connectivity index (χ4v) is 1.72. The molecule has 0 fully saturated rings. The van der Waals surface area contributed by atoms with E-state index in [0.717, 1.165) is 5.39 Å². The highest BCUT2D eigenvalue weighted by atomic mass is 16.6. The molecule has 0 atom stereocenters. The van der Waals surface area contributed by atoms with E-state index in [1.54, 1.807) is 24.4 Å². The number of ether oxygens (including phenoxy) is 1. The highest BCUT2D eigenvalue weighted by molar-refractivity contribution is 6.05. The van der Waals surface area contributed by atoms with Gasteiger partial charge in [0, 0.05) is 22.7 Å². The van der Waals surface area contributed by atoms with Gasteiger partial charge in [-0.05, 0) is 32.9 Å². The summed E-state index contributed by atoms with van der Waals surface area (Å²) in [6, 6.07) is 7.20. The van der Waals surface area contributed by atoms with E-state index < -0.39 is 11.6 Å². The van der Waals surface area contributed by atoms with E-state index in [9.17, 15) is 4.79 Å². The largest absolute Gasteiger partial charge is 0.455 e. The lowest BCUT2D eigenvalue weighted by molar-refractivity contribution is 0.00654. The average molecular weight is 244 g/mol. The van der Waals surface area contributed by atoms with Crippen LogP contribution in [0.3, 0.4) is 0 Å². The Labute approximate surface area is 106 Å². The summed E-state index contributed by atoms with van der Waals surface area (Å²) in [7, 11) is 0. The number of hydrogen-bond donors (Lipinski definition) is 1. The number of nitrogens with zero attached hydrogens (tertiary/aromatic N) is 1. The molecule has 1 aromatic carbocycles. The number of fused-ring (bicyclic) bond motifs is 1. The normalized spacial score (nSPS) is 11.5. The number of carbonyl (C=O) groups excluding carboxylic acids is 1. The van der Waals surface area contributed by atoms with Crippen LogP contribution in [-0.2, 0) is 4.74 Å². The molecule has 0 bridgehead atoms. The maximum atomic E-state index is 12.1. The first-order chi connectivity index (χ1) is 8.38. The van der Waals surface area contributed by atoms with Gasteiger partial charge < -0.3 is 10.5 Å². The molecule has 4 nitrogen and oxygen atoms in total. The van der Waals surface area contributed by atoms with Crippen molar-refractivity contribution in [3.63, 3.8) is 0 Å². The van der Waals surface area contributed by atoms with Crippen molar-refractivity contribution in [2.75, 3.05) is 5.73 Å². The third-order valence-electron chi connectivity index (χ3n) is 2.43. The molecule has 18 heavy (non-hydrogen) atoms. The second-order valence-electron chi connectivity index (χ2n) is 5.10. The lowest BCUT2D eigenvalue weighted by atomic mass is 10.1. The number of nitrogen functional groups attached to an aromatic ring is 1. The number of aromatic nitrogens is 1. The molecular weight excluding hydrogens is 228 g/mol. The Morgan fingerprint density at radius 2 is 1.94 bits per heavy atom. The second-order valence-corrected chi connectivity index (χ2v) is 5.10. The molecule has 0 unspecified atom stereocenters. The summed E-state index contributed by atoms with van der Waals surface area (Å²) in [5, 5.41) is 1.53. The van der Waals surface area contributed by atoms with Gasteiger partial charge in [0.15, 0.2) is 5.69 Å². The molecule has 0 radical (unpaired) electrons. The van der Waals surface area contributed by atoms with Crippen molar-refractivity contribution in [2.24, 2.45) is 0 Å². The van der Waals surface area contributed by atoms with E-state index in [0.29, 0.717) is 16.8 Å². The number of anilines is 1. The van der Waals surface area contributed by atoms with Crippen LogP contribution < -0.4 is 5.73 Å². The summed E-state index contributed by atoms with van der Waals surface area (Å²) in [4.78, 5) is 16.2. The topological polar surface area (TPSA) is 65.2 Å². The summed E-state index contributed by atoms with van der Waals surface area (Å²) in [5.41, 5.74) is 6.26. The monoisotopic (exact) mass is 244 g/mol. The van der Waals surface area contributed by atoms with Crippen LogP contribution in [0.5, 0.6) is 0 Å². The van der Waals surface area contributed by atoms with Crippen molar-refractivity contribution in [3.05, 3.63) is 36.2 Å². The number of hydrogen-bond acceptors (Lipinski definition) is 4. The predicted molar refractivity (Wildman–Crippen MR) is 71.3 cm³/mol. The SMILES string of the molecule is CC(C)(C)OC(=O)c1nccc2c(N)cccc12. The van der Waals surface area contributed by atoms with Gasteiger partial charge in [0.05, 0.1) is 0 Å². The quantitative estimate of drug-likeness (QED) is 0.618. The number of carbonyl (C=O) groups is 1. The minimum atomic E-state index is -0.540. The van der Waals surface area contributed by atoms with Crippen molar-refractivity contribution < 1.29 is 9.53 Å². The standard InChI is InChI=1S/C14H16N2O2/c1-14(2,3)18-13(17)12-10-5-4-6-11(15)9(10)7-8-16-12/h4-8H,15H2,1-3H3.